The van der Waals surface area contributed by atoms with Crippen LogP contribution in [0.5, 0.6) is 0 Å². The maximum atomic E-state index is 12.4. The molecule has 1 amide bonds. The smallest absolute Gasteiger partial charge is 0.329 e. The molecule has 0 bridgehead atoms. The number of alkyl halides is 3. The lowest BCUT2D eigenvalue weighted by Crippen LogP contribution is -2.43. The van der Waals surface area contributed by atoms with Crippen molar-refractivity contribution >= 4 is 11.6 Å². The van der Waals surface area contributed by atoms with Gasteiger partial charge in [-0.3, -0.25) is 4.79 Å². The number of rotatable bonds is 3. The summed E-state index contributed by atoms with van der Waals surface area (Å²) in [4.78, 5) is 11.7. The second-order valence-electron chi connectivity index (χ2n) is 3.40. The molecule has 1 aromatic rings. The number of hydrogen-bond donors (Lipinski definition) is 1. The van der Waals surface area contributed by atoms with Crippen LogP contribution in [0.2, 0.25) is 0 Å². The van der Waals surface area contributed by atoms with Gasteiger partial charge in [0.1, 0.15) is 0 Å². The molecule has 4 nitrogen and oxygen atoms in total. The van der Waals surface area contributed by atoms with Gasteiger partial charge in [0, 0.05) is 18.8 Å². The highest BCUT2D eigenvalue weighted by atomic mass is 19.4. The van der Waals surface area contributed by atoms with E-state index in [4.69, 9.17) is 11.0 Å². The molecule has 0 aliphatic carbocycles. The van der Waals surface area contributed by atoms with E-state index in [1.54, 1.807) is 0 Å². The van der Waals surface area contributed by atoms with Gasteiger partial charge in [-0.2, -0.15) is 18.4 Å². The molecular formula is C11H10F3N3O. The first-order chi connectivity index (χ1) is 8.40. The van der Waals surface area contributed by atoms with Crippen LogP contribution in [-0.2, 0) is 4.79 Å². The minimum Gasteiger partial charge on any atom is -0.329 e. The van der Waals surface area contributed by atoms with Gasteiger partial charge >= 0.3 is 12.1 Å². The van der Waals surface area contributed by atoms with Crippen molar-refractivity contribution in [3.63, 3.8) is 0 Å². The van der Waals surface area contributed by atoms with Crippen LogP contribution in [-0.4, -0.2) is 25.2 Å². The third kappa shape index (κ3) is 3.21. The molecule has 0 aliphatic heterocycles. The van der Waals surface area contributed by atoms with Crippen LogP contribution in [0, 0.1) is 11.3 Å². The van der Waals surface area contributed by atoms with Crippen molar-refractivity contribution in [2.45, 2.75) is 6.18 Å². The van der Waals surface area contributed by atoms with Gasteiger partial charge in [0.25, 0.3) is 0 Å². The van der Waals surface area contributed by atoms with Crippen LogP contribution in [0.15, 0.2) is 24.3 Å². The predicted molar refractivity (Wildman–Crippen MR) is 58.6 cm³/mol. The first-order valence-electron chi connectivity index (χ1n) is 4.99. The first-order valence-corrected chi connectivity index (χ1v) is 4.99. The van der Waals surface area contributed by atoms with E-state index in [0.717, 1.165) is 0 Å². The Morgan fingerprint density at radius 2 is 1.89 bits per heavy atom. The van der Waals surface area contributed by atoms with Crippen LogP contribution in [0.3, 0.4) is 0 Å². The Balaban J connectivity index is 3.05. The molecule has 0 radical (unpaired) electrons. The lowest BCUT2D eigenvalue weighted by Gasteiger charge is -2.23. The third-order valence-electron chi connectivity index (χ3n) is 2.15. The van der Waals surface area contributed by atoms with Crippen molar-refractivity contribution in [3.8, 4) is 6.07 Å². The molecule has 96 valence electrons. The topological polar surface area (TPSA) is 70.1 Å². The van der Waals surface area contributed by atoms with Crippen molar-refractivity contribution in [2.24, 2.45) is 5.73 Å². The summed E-state index contributed by atoms with van der Waals surface area (Å²) in [7, 11) is 0. The molecule has 0 saturated heterocycles. The summed E-state index contributed by atoms with van der Waals surface area (Å²) in [6.45, 7) is -0.341. The Morgan fingerprint density at radius 3 is 2.28 bits per heavy atom. The van der Waals surface area contributed by atoms with Crippen LogP contribution in [0.1, 0.15) is 5.56 Å². The van der Waals surface area contributed by atoms with Gasteiger partial charge < -0.3 is 10.6 Å². The number of halogens is 3. The number of carbonyl (C=O) groups is 1. The zero-order chi connectivity index (χ0) is 13.8. The summed E-state index contributed by atoms with van der Waals surface area (Å²) >= 11 is 0. The SMILES string of the molecule is N#Cc1ccc(N(CCN)C(=O)C(F)(F)F)cc1. The molecule has 0 unspecified atom stereocenters. The Morgan fingerprint density at radius 1 is 1.33 bits per heavy atom. The van der Waals surface area contributed by atoms with E-state index in [9.17, 15) is 18.0 Å². The quantitative estimate of drug-likeness (QED) is 0.890. The fourth-order valence-corrected chi connectivity index (χ4v) is 1.35. The first kappa shape index (κ1) is 14.0. The third-order valence-corrected chi connectivity index (χ3v) is 2.15. The summed E-state index contributed by atoms with van der Waals surface area (Å²) in [6, 6.07) is 7.06. The van der Waals surface area contributed by atoms with Gasteiger partial charge in [-0.1, -0.05) is 0 Å². The second kappa shape index (κ2) is 5.51. The summed E-state index contributed by atoms with van der Waals surface area (Å²) in [6.07, 6.45) is -4.96. The van der Waals surface area contributed by atoms with Crippen molar-refractivity contribution in [1.82, 2.24) is 0 Å². The molecule has 1 rings (SSSR count). The maximum absolute atomic E-state index is 12.4. The molecule has 2 N–H and O–H groups in total. The fourth-order valence-electron chi connectivity index (χ4n) is 1.35. The predicted octanol–water partition coefficient (Wildman–Crippen LogP) is 1.41. The number of benzene rings is 1. The van der Waals surface area contributed by atoms with Gasteiger partial charge in [0.2, 0.25) is 0 Å². The van der Waals surface area contributed by atoms with Gasteiger partial charge in [-0.05, 0) is 24.3 Å². The number of carbonyl (C=O) groups excluding carboxylic acids is 1. The minimum atomic E-state index is -4.96. The van der Waals surface area contributed by atoms with Gasteiger partial charge in [0.05, 0.1) is 11.6 Å². The van der Waals surface area contributed by atoms with Gasteiger partial charge in [-0.25, -0.2) is 0 Å². The zero-order valence-corrected chi connectivity index (χ0v) is 9.24. The fraction of sp³-hybridized carbons (Fsp3) is 0.273. The van der Waals surface area contributed by atoms with Crippen LogP contribution < -0.4 is 10.6 Å². The molecule has 0 atom stereocenters. The molecular weight excluding hydrogens is 247 g/mol. The van der Waals surface area contributed by atoms with Crippen LogP contribution in [0.25, 0.3) is 0 Å². The average molecular weight is 257 g/mol. The lowest BCUT2D eigenvalue weighted by molar-refractivity contribution is -0.170. The average Bonchev–Trinajstić information content (AvgIpc) is 2.34. The van der Waals surface area contributed by atoms with E-state index in [2.05, 4.69) is 0 Å². The molecule has 0 spiro atoms. The largest absolute Gasteiger partial charge is 0.471 e. The van der Waals surface area contributed by atoms with Crippen molar-refractivity contribution < 1.29 is 18.0 Å². The normalized spacial score (nSPS) is 10.8. The number of amides is 1. The minimum absolute atomic E-state index is 0.0572. The highest BCUT2D eigenvalue weighted by Crippen LogP contribution is 2.23. The monoisotopic (exact) mass is 257 g/mol. The van der Waals surface area contributed by atoms with E-state index in [1.165, 1.54) is 24.3 Å². The van der Waals surface area contributed by atoms with E-state index in [1.807, 2.05) is 6.07 Å². The number of hydrogen-bond acceptors (Lipinski definition) is 3. The lowest BCUT2D eigenvalue weighted by atomic mass is 10.2. The Kier molecular flexibility index (Phi) is 4.28. The highest BCUT2D eigenvalue weighted by molar-refractivity contribution is 5.97. The number of nitrogens with zero attached hydrogens (tertiary/aromatic N) is 2. The zero-order valence-electron chi connectivity index (χ0n) is 9.24. The van der Waals surface area contributed by atoms with Crippen LogP contribution >= 0.6 is 0 Å². The number of anilines is 1. The molecule has 0 saturated carbocycles. The summed E-state index contributed by atoms with van der Waals surface area (Å²) in [5.74, 6) is -1.97. The Bertz CT molecular complexity index is 462. The Labute approximate surface area is 101 Å². The van der Waals surface area contributed by atoms with Crippen molar-refractivity contribution in [3.05, 3.63) is 29.8 Å². The molecule has 0 aromatic heterocycles. The van der Waals surface area contributed by atoms with E-state index >= 15 is 0 Å². The molecule has 0 fully saturated rings. The van der Waals surface area contributed by atoms with Gasteiger partial charge in [0.15, 0.2) is 0 Å². The molecule has 7 heteroatoms. The molecule has 1 aromatic carbocycles. The van der Waals surface area contributed by atoms with E-state index < -0.39 is 12.1 Å². The van der Waals surface area contributed by atoms with E-state index in [-0.39, 0.29) is 18.8 Å². The number of nitriles is 1. The summed E-state index contributed by atoms with van der Waals surface area (Å²) < 4.78 is 37.1. The summed E-state index contributed by atoms with van der Waals surface area (Å²) in [5, 5.41) is 8.58. The Hall–Kier alpha value is -2.07. The molecule has 0 aliphatic rings. The molecule has 18 heavy (non-hydrogen) atoms. The van der Waals surface area contributed by atoms with Crippen LogP contribution in [0.4, 0.5) is 18.9 Å². The second-order valence-corrected chi connectivity index (χ2v) is 3.40. The van der Waals surface area contributed by atoms with Crippen molar-refractivity contribution in [1.29, 1.82) is 5.26 Å². The highest BCUT2D eigenvalue weighted by Gasteiger charge is 2.42. The van der Waals surface area contributed by atoms with E-state index in [0.29, 0.717) is 10.5 Å². The number of nitrogens with two attached hydrogens (primary N) is 1. The standard InChI is InChI=1S/C11H10F3N3O/c12-11(13,14)10(18)17(6-5-15)9-3-1-8(7-16)2-4-9/h1-4H,5-6,15H2. The van der Waals surface area contributed by atoms with Gasteiger partial charge in [-0.15, -0.1) is 0 Å². The molecule has 0 heterocycles. The summed E-state index contributed by atoms with van der Waals surface area (Å²) in [5.41, 5.74) is 5.54. The maximum Gasteiger partial charge on any atom is 0.471 e. The van der Waals surface area contributed by atoms with Crippen molar-refractivity contribution in [2.75, 3.05) is 18.0 Å².